The van der Waals surface area contributed by atoms with Crippen molar-refractivity contribution in [3.8, 4) is 0 Å². The average Bonchev–Trinajstić information content (AvgIpc) is 3.39. The van der Waals surface area contributed by atoms with Crippen molar-refractivity contribution in [1.29, 1.82) is 0 Å². The lowest BCUT2D eigenvalue weighted by Crippen LogP contribution is -2.42. The van der Waals surface area contributed by atoms with Crippen molar-refractivity contribution in [2.24, 2.45) is 0 Å². The molecule has 9 heteroatoms. The summed E-state index contributed by atoms with van der Waals surface area (Å²) in [4.78, 5) is 0. The molecule has 0 rings (SSSR count). The molecule has 6 unspecified atom stereocenters. The Balaban J connectivity index is 4.93. The molecule has 0 aromatic rings. The van der Waals surface area contributed by atoms with Crippen LogP contribution in [0, 0.1) is 0 Å². The summed E-state index contributed by atoms with van der Waals surface area (Å²) in [7, 11) is 0. The number of ether oxygens (including phenoxy) is 6. The minimum Gasteiger partial charge on any atom is -0.388 e. The van der Waals surface area contributed by atoms with Gasteiger partial charge in [-0.3, -0.25) is 0 Å². The molecule has 0 aliphatic carbocycles. The maximum Gasteiger partial charge on any atom is 0.183 e. The van der Waals surface area contributed by atoms with Crippen LogP contribution in [0.2, 0.25) is 0 Å². The molecule has 0 saturated heterocycles. The van der Waals surface area contributed by atoms with Crippen molar-refractivity contribution >= 4 is 0 Å². The Hall–Kier alpha value is -1.14. The monoisotopic (exact) mass is 1060 g/mol. The Bertz CT molecular complexity index is 1110. The standard InChI is InChI=1S/C66H128O9/c1-7-10-13-16-19-22-25-28-31-34-37-40-43-46-49-52-55-70-64(60(4)67)73-58-63(75-66(62(6)69)72-57-54-51-48-45-42-39-36-33-30-27-24-21-18-15-12-9-3)59-74-65(61(5)68)71-56-53-50-47-44-41-38-35-32-29-26-23-20-17-14-11-8-2/h28-33,60-69H,7-27,34-59H2,1-6H3. The van der Waals surface area contributed by atoms with Crippen molar-refractivity contribution in [3.63, 3.8) is 0 Å². The van der Waals surface area contributed by atoms with E-state index in [9.17, 15) is 15.3 Å². The van der Waals surface area contributed by atoms with Crippen LogP contribution in [0.15, 0.2) is 36.5 Å². The molecular weight excluding hydrogens is 937 g/mol. The summed E-state index contributed by atoms with van der Waals surface area (Å²) in [5.41, 5.74) is 0. The largest absolute Gasteiger partial charge is 0.388 e. The van der Waals surface area contributed by atoms with Crippen LogP contribution in [-0.4, -0.2) is 91.6 Å². The summed E-state index contributed by atoms with van der Waals surface area (Å²) in [6.45, 7) is 13.3. The maximum atomic E-state index is 10.8. The second kappa shape index (κ2) is 60.5. The zero-order valence-corrected chi connectivity index (χ0v) is 50.5. The molecule has 0 radical (unpaired) electrons. The van der Waals surface area contributed by atoms with Gasteiger partial charge in [-0.2, -0.15) is 0 Å². The van der Waals surface area contributed by atoms with Gasteiger partial charge >= 0.3 is 0 Å². The quantitative estimate of drug-likeness (QED) is 0.0311. The molecular formula is C66H128O9. The van der Waals surface area contributed by atoms with Crippen LogP contribution in [0.4, 0.5) is 0 Å². The molecule has 0 aliphatic heterocycles. The molecule has 0 heterocycles. The third-order valence-corrected chi connectivity index (χ3v) is 14.2. The highest BCUT2D eigenvalue weighted by Gasteiger charge is 2.27. The van der Waals surface area contributed by atoms with E-state index in [1.165, 1.54) is 225 Å². The van der Waals surface area contributed by atoms with Crippen molar-refractivity contribution in [3.05, 3.63) is 36.5 Å². The minimum absolute atomic E-state index is 0.0330. The van der Waals surface area contributed by atoms with Crippen LogP contribution in [0.1, 0.15) is 311 Å². The fourth-order valence-corrected chi connectivity index (χ4v) is 9.31. The van der Waals surface area contributed by atoms with E-state index in [1.807, 2.05) is 0 Å². The second-order valence-corrected chi connectivity index (χ2v) is 22.2. The molecule has 0 spiro atoms. The lowest BCUT2D eigenvalue weighted by Gasteiger charge is -2.30. The molecule has 6 atom stereocenters. The first kappa shape index (κ1) is 73.9. The van der Waals surface area contributed by atoms with E-state index in [1.54, 1.807) is 20.8 Å². The molecule has 0 bridgehead atoms. The van der Waals surface area contributed by atoms with Gasteiger partial charge in [0.25, 0.3) is 0 Å². The van der Waals surface area contributed by atoms with E-state index in [-0.39, 0.29) is 13.2 Å². The van der Waals surface area contributed by atoms with Gasteiger partial charge in [0.05, 0.1) is 13.2 Å². The van der Waals surface area contributed by atoms with Gasteiger partial charge in [0.2, 0.25) is 0 Å². The van der Waals surface area contributed by atoms with Gasteiger partial charge in [0, 0.05) is 19.8 Å². The fourth-order valence-electron chi connectivity index (χ4n) is 9.31. The van der Waals surface area contributed by atoms with Crippen LogP contribution >= 0.6 is 0 Å². The highest BCUT2D eigenvalue weighted by Crippen LogP contribution is 2.17. The number of hydrogen-bond acceptors (Lipinski definition) is 9. The van der Waals surface area contributed by atoms with Crippen molar-refractivity contribution < 1.29 is 43.7 Å². The molecule has 3 N–H and O–H groups in total. The topological polar surface area (TPSA) is 116 Å². The predicted octanol–water partition coefficient (Wildman–Crippen LogP) is 18.7. The number of rotatable bonds is 62. The Morgan fingerprint density at radius 3 is 0.720 bits per heavy atom. The highest BCUT2D eigenvalue weighted by atomic mass is 16.7. The first-order valence-corrected chi connectivity index (χ1v) is 32.5. The first-order chi connectivity index (χ1) is 36.8. The van der Waals surface area contributed by atoms with Gasteiger partial charge < -0.3 is 43.7 Å². The van der Waals surface area contributed by atoms with E-state index in [4.69, 9.17) is 28.4 Å². The number of aliphatic hydroxyl groups excluding tert-OH is 3. The number of aliphatic hydroxyl groups is 3. The van der Waals surface area contributed by atoms with Crippen molar-refractivity contribution in [1.82, 2.24) is 0 Å². The van der Waals surface area contributed by atoms with Crippen LogP contribution in [0.25, 0.3) is 0 Å². The van der Waals surface area contributed by atoms with E-state index < -0.39 is 43.3 Å². The molecule has 0 amide bonds. The summed E-state index contributed by atoms with van der Waals surface area (Å²) < 4.78 is 37.0. The summed E-state index contributed by atoms with van der Waals surface area (Å²) in [6.07, 6.45) is 60.4. The van der Waals surface area contributed by atoms with Crippen LogP contribution in [0.3, 0.4) is 0 Å². The molecule has 446 valence electrons. The third-order valence-electron chi connectivity index (χ3n) is 14.2. The average molecular weight is 1070 g/mol. The Morgan fingerprint density at radius 2 is 0.480 bits per heavy atom. The smallest absolute Gasteiger partial charge is 0.183 e. The predicted molar refractivity (Wildman–Crippen MR) is 319 cm³/mol. The minimum atomic E-state index is -0.899. The van der Waals surface area contributed by atoms with Gasteiger partial charge in [-0.15, -0.1) is 0 Å². The molecule has 0 aromatic carbocycles. The molecule has 75 heavy (non-hydrogen) atoms. The third kappa shape index (κ3) is 54.6. The van der Waals surface area contributed by atoms with Gasteiger partial charge in [0.1, 0.15) is 24.4 Å². The van der Waals surface area contributed by atoms with E-state index in [0.717, 1.165) is 44.9 Å². The lowest BCUT2D eigenvalue weighted by molar-refractivity contribution is -0.266. The van der Waals surface area contributed by atoms with Gasteiger partial charge in [0.15, 0.2) is 18.9 Å². The second-order valence-electron chi connectivity index (χ2n) is 22.2. The van der Waals surface area contributed by atoms with Crippen LogP contribution in [-0.2, 0) is 28.4 Å². The molecule has 0 fully saturated rings. The van der Waals surface area contributed by atoms with E-state index in [0.29, 0.717) is 19.8 Å². The first-order valence-electron chi connectivity index (χ1n) is 32.5. The summed E-state index contributed by atoms with van der Waals surface area (Å²) in [6, 6.07) is 0. The zero-order valence-electron chi connectivity index (χ0n) is 50.5. The SMILES string of the molecule is CCCCCCCCC=CCCCCCCCCOC(OCC(COC(OCCCCCCCCC=CCCCCCCCC)C(C)O)OC(OCCCCCCCCC=CCCCCCCCC)C(C)O)C(C)O. The Labute approximate surface area is 465 Å². The zero-order chi connectivity index (χ0) is 54.8. The highest BCUT2D eigenvalue weighted by molar-refractivity contribution is 4.83. The molecule has 0 aromatic heterocycles. The molecule has 0 aliphatic rings. The number of allylic oxidation sites excluding steroid dienone is 6. The van der Waals surface area contributed by atoms with E-state index in [2.05, 4.69) is 57.2 Å². The summed E-state index contributed by atoms with van der Waals surface area (Å²) >= 11 is 0. The van der Waals surface area contributed by atoms with Gasteiger partial charge in [-0.25, -0.2) is 0 Å². The van der Waals surface area contributed by atoms with Crippen molar-refractivity contribution in [2.75, 3.05) is 33.0 Å². The number of hydrogen-bond donors (Lipinski definition) is 3. The van der Waals surface area contributed by atoms with Gasteiger partial charge in [-0.1, -0.05) is 231 Å². The van der Waals surface area contributed by atoms with Gasteiger partial charge in [-0.05, 0) is 117 Å². The fraction of sp³-hybridized carbons (Fsp3) is 0.909. The van der Waals surface area contributed by atoms with Crippen LogP contribution < -0.4 is 0 Å². The number of unbranched alkanes of at least 4 members (excludes halogenated alkanes) is 36. The lowest BCUT2D eigenvalue weighted by atomic mass is 10.1. The van der Waals surface area contributed by atoms with E-state index >= 15 is 0 Å². The Kier molecular flexibility index (Phi) is 59.6. The summed E-state index contributed by atoms with van der Waals surface area (Å²) in [5, 5.41) is 32.1. The Morgan fingerprint density at radius 1 is 0.267 bits per heavy atom. The molecule has 0 saturated carbocycles. The summed E-state index contributed by atoms with van der Waals surface area (Å²) in [5.74, 6) is 0. The van der Waals surface area contributed by atoms with Crippen molar-refractivity contribution in [2.45, 2.75) is 355 Å². The maximum absolute atomic E-state index is 10.8. The normalized spacial score (nSPS) is 15.2. The van der Waals surface area contributed by atoms with Crippen LogP contribution in [0.5, 0.6) is 0 Å². The molecule has 9 nitrogen and oxygen atoms in total.